The highest BCUT2D eigenvalue weighted by atomic mass is 32.2. The normalized spacial score (nSPS) is 23.6. The summed E-state index contributed by atoms with van der Waals surface area (Å²) >= 11 is 1.74. The number of hydrogen-bond acceptors (Lipinski definition) is 3. The second kappa shape index (κ2) is 6.64. The van der Waals surface area contributed by atoms with Crippen LogP contribution in [0.5, 0.6) is 0 Å². The van der Waals surface area contributed by atoms with E-state index in [0.717, 1.165) is 17.9 Å². The van der Waals surface area contributed by atoms with E-state index in [2.05, 4.69) is 31.3 Å². The third-order valence-electron chi connectivity index (χ3n) is 3.91. The molecule has 1 fully saturated rings. The molecular formula is C16H23NO2S. The summed E-state index contributed by atoms with van der Waals surface area (Å²) in [6.45, 7) is 4.52. The minimum absolute atomic E-state index is 0.0195. The van der Waals surface area contributed by atoms with Gasteiger partial charge in [0.1, 0.15) is 0 Å². The Hall–Kier alpha value is -1.00. The van der Waals surface area contributed by atoms with E-state index in [9.17, 15) is 9.90 Å². The number of amides is 1. The Morgan fingerprint density at radius 2 is 2.25 bits per heavy atom. The van der Waals surface area contributed by atoms with Crippen LogP contribution in [0.3, 0.4) is 0 Å². The van der Waals surface area contributed by atoms with Crippen molar-refractivity contribution in [2.75, 3.05) is 18.1 Å². The van der Waals surface area contributed by atoms with E-state index in [-0.39, 0.29) is 11.8 Å². The van der Waals surface area contributed by atoms with E-state index in [0.29, 0.717) is 13.0 Å². The summed E-state index contributed by atoms with van der Waals surface area (Å²) < 4.78 is 0. The molecule has 1 aromatic rings. The Morgan fingerprint density at radius 3 is 2.90 bits per heavy atom. The average Bonchev–Trinajstić information content (AvgIpc) is 2.84. The van der Waals surface area contributed by atoms with Crippen molar-refractivity contribution in [2.45, 2.75) is 38.2 Å². The van der Waals surface area contributed by atoms with Gasteiger partial charge in [0.2, 0.25) is 5.91 Å². The van der Waals surface area contributed by atoms with Gasteiger partial charge in [-0.05, 0) is 36.1 Å². The van der Waals surface area contributed by atoms with Crippen LogP contribution in [-0.2, 0) is 4.79 Å². The highest BCUT2D eigenvalue weighted by Crippen LogP contribution is 2.27. The van der Waals surface area contributed by atoms with Gasteiger partial charge < -0.3 is 10.4 Å². The van der Waals surface area contributed by atoms with Crippen LogP contribution in [-0.4, -0.2) is 34.7 Å². The molecular weight excluding hydrogens is 270 g/mol. The molecule has 1 aliphatic heterocycles. The molecule has 0 saturated carbocycles. The second-order valence-corrected chi connectivity index (χ2v) is 6.87. The zero-order valence-corrected chi connectivity index (χ0v) is 13.0. The van der Waals surface area contributed by atoms with E-state index in [4.69, 9.17) is 0 Å². The zero-order chi connectivity index (χ0) is 14.6. The maximum absolute atomic E-state index is 12.0. The SMILES string of the molecule is Cc1ccccc1C(C)CC(=O)NCC1(O)CCSC1. The highest BCUT2D eigenvalue weighted by Gasteiger charge is 2.32. The van der Waals surface area contributed by atoms with Crippen LogP contribution in [0.25, 0.3) is 0 Å². The third kappa shape index (κ3) is 4.00. The van der Waals surface area contributed by atoms with Crippen LogP contribution in [0, 0.1) is 6.92 Å². The number of hydrogen-bond donors (Lipinski definition) is 2. The smallest absolute Gasteiger partial charge is 0.220 e. The van der Waals surface area contributed by atoms with Crippen molar-refractivity contribution in [3.8, 4) is 0 Å². The van der Waals surface area contributed by atoms with Crippen molar-refractivity contribution in [1.29, 1.82) is 0 Å². The minimum Gasteiger partial charge on any atom is -0.387 e. The lowest BCUT2D eigenvalue weighted by Gasteiger charge is -2.22. The molecule has 1 saturated heterocycles. The van der Waals surface area contributed by atoms with Crippen molar-refractivity contribution in [3.05, 3.63) is 35.4 Å². The van der Waals surface area contributed by atoms with Gasteiger partial charge >= 0.3 is 0 Å². The largest absolute Gasteiger partial charge is 0.387 e. The van der Waals surface area contributed by atoms with E-state index in [1.54, 1.807) is 11.8 Å². The van der Waals surface area contributed by atoms with Crippen molar-refractivity contribution in [1.82, 2.24) is 5.32 Å². The lowest BCUT2D eigenvalue weighted by Crippen LogP contribution is -2.43. The molecule has 20 heavy (non-hydrogen) atoms. The lowest BCUT2D eigenvalue weighted by atomic mass is 9.93. The van der Waals surface area contributed by atoms with Crippen LogP contribution in [0.15, 0.2) is 24.3 Å². The fraction of sp³-hybridized carbons (Fsp3) is 0.562. The predicted octanol–water partition coefficient (Wildman–Crippen LogP) is 2.47. The number of thioether (sulfide) groups is 1. The number of aryl methyl sites for hydroxylation is 1. The molecule has 2 atom stereocenters. The molecule has 0 aliphatic carbocycles. The summed E-state index contributed by atoms with van der Waals surface area (Å²) in [5, 5.41) is 13.1. The van der Waals surface area contributed by atoms with Gasteiger partial charge in [0.25, 0.3) is 0 Å². The first kappa shape index (κ1) is 15.4. The molecule has 0 aromatic heterocycles. The predicted molar refractivity (Wildman–Crippen MR) is 84.1 cm³/mol. The molecule has 1 aliphatic rings. The van der Waals surface area contributed by atoms with Crippen LogP contribution < -0.4 is 5.32 Å². The monoisotopic (exact) mass is 293 g/mol. The lowest BCUT2D eigenvalue weighted by molar-refractivity contribution is -0.122. The number of aliphatic hydroxyl groups is 1. The Balaban J connectivity index is 1.84. The molecule has 2 unspecified atom stereocenters. The van der Waals surface area contributed by atoms with Crippen LogP contribution in [0.2, 0.25) is 0 Å². The van der Waals surface area contributed by atoms with Crippen LogP contribution >= 0.6 is 11.8 Å². The number of nitrogens with one attached hydrogen (secondary N) is 1. The van der Waals surface area contributed by atoms with Crippen molar-refractivity contribution < 1.29 is 9.90 Å². The van der Waals surface area contributed by atoms with Gasteiger partial charge in [0.15, 0.2) is 0 Å². The maximum Gasteiger partial charge on any atom is 0.220 e. The average molecular weight is 293 g/mol. The summed E-state index contributed by atoms with van der Waals surface area (Å²) in [5.74, 6) is 1.92. The Bertz CT molecular complexity index is 469. The van der Waals surface area contributed by atoms with Crippen molar-refractivity contribution >= 4 is 17.7 Å². The first-order valence-corrected chi connectivity index (χ1v) is 8.28. The first-order chi connectivity index (χ1) is 9.50. The second-order valence-electron chi connectivity index (χ2n) is 5.77. The summed E-state index contributed by atoms with van der Waals surface area (Å²) in [4.78, 5) is 12.0. The maximum atomic E-state index is 12.0. The third-order valence-corrected chi connectivity index (χ3v) is 5.14. The fourth-order valence-electron chi connectivity index (χ4n) is 2.60. The van der Waals surface area contributed by atoms with Gasteiger partial charge in [0.05, 0.1) is 5.60 Å². The Kier molecular flexibility index (Phi) is 5.11. The van der Waals surface area contributed by atoms with Gasteiger partial charge in [-0.1, -0.05) is 31.2 Å². The molecule has 0 spiro atoms. The van der Waals surface area contributed by atoms with Gasteiger partial charge in [-0.3, -0.25) is 4.79 Å². The fourth-order valence-corrected chi connectivity index (χ4v) is 3.89. The summed E-state index contributed by atoms with van der Waals surface area (Å²) in [7, 11) is 0. The van der Waals surface area contributed by atoms with Gasteiger partial charge in [-0.25, -0.2) is 0 Å². The number of carbonyl (C=O) groups excluding carboxylic acids is 1. The number of benzene rings is 1. The summed E-state index contributed by atoms with van der Waals surface area (Å²) in [6, 6.07) is 8.17. The molecule has 1 heterocycles. The van der Waals surface area contributed by atoms with Crippen LogP contribution in [0.1, 0.15) is 36.8 Å². The highest BCUT2D eigenvalue weighted by molar-refractivity contribution is 7.99. The zero-order valence-electron chi connectivity index (χ0n) is 12.2. The summed E-state index contributed by atoms with van der Waals surface area (Å²) in [5.41, 5.74) is 1.74. The Morgan fingerprint density at radius 1 is 1.50 bits per heavy atom. The van der Waals surface area contributed by atoms with Gasteiger partial charge in [0, 0.05) is 18.7 Å². The molecule has 0 bridgehead atoms. The number of carbonyl (C=O) groups is 1. The van der Waals surface area contributed by atoms with E-state index < -0.39 is 5.60 Å². The molecule has 2 N–H and O–H groups in total. The van der Waals surface area contributed by atoms with Gasteiger partial charge in [-0.2, -0.15) is 11.8 Å². The molecule has 4 heteroatoms. The van der Waals surface area contributed by atoms with Gasteiger partial charge in [-0.15, -0.1) is 0 Å². The molecule has 0 radical (unpaired) electrons. The molecule has 110 valence electrons. The standard InChI is InChI=1S/C16H23NO2S/c1-12-5-3-4-6-14(12)13(2)9-15(18)17-10-16(19)7-8-20-11-16/h3-6,13,19H,7-11H2,1-2H3,(H,17,18). The molecule has 3 nitrogen and oxygen atoms in total. The molecule has 1 aromatic carbocycles. The van der Waals surface area contributed by atoms with Crippen LogP contribution in [0.4, 0.5) is 0 Å². The Labute approximate surface area is 125 Å². The number of rotatable bonds is 5. The molecule has 1 amide bonds. The first-order valence-electron chi connectivity index (χ1n) is 7.12. The van der Waals surface area contributed by atoms with E-state index >= 15 is 0 Å². The van der Waals surface area contributed by atoms with E-state index in [1.165, 1.54) is 11.1 Å². The van der Waals surface area contributed by atoms with E-state index in [1.807, 2.05) is 12.1 Å². The quantitative estimate of drug-likeness (QED) is 0.877. The molecule has 2 rings (SSSR count). The van der Waals surface area contributed by atoms with Crippen molar-refractivity contribution in [2.24, 2.45) is 0 Å². The van der Waals surface area contributed by atoms with Crippen molar-refractivity contribution in [3.63, 3.8) is 0 Å². The topological polar surface area (TPSA) is 49.3 Å². The summed E-state index contributed by atoms with van der Waals surface area (Å²) in [6.07, 6.45) is 1.24. The minimum atomic E-state index is -0.702.